The van der Waals surface area contributed by atoms with Crippen molar-refractivity contribution in [1.29, 1.82) is 0 Å². The fourth-order valence-electron chi connectivity index (χ4n) is 8.35. The third-order valence-corrected chi connectivity index (χ3v) is 9.88. The zero-order valence-electron chi connectivity index (χ0n) is 17.3. The van der Waals surface area contributed by atoms with Crippen LogP contribution in [-0.4, -0.2) is 51.5 Å². The lowest BCUT2D eigenvalue weighted by Crippen LogP contribution is -2.65. The second-order valence-corrected chi connectivity index (χ2v) is 10.8. The molecule has 0 spiro atoms. The summed E-state index contributed by atoms with van der Waals surface area (Å²) in [5.41, 5.74) is -0.531. The number of carbonyl (C=O) groups is 2. The molecule has 3 N–H and O–H groups in total. The van der Waals surface area contributed by atoms with Crippen molar-refractivity contribution in [2.24, 2.45) is 34.5 Å². The molecule has 0 amide bonds. The maximum atomic E-state index is 12.4. The SMILES string of the molecule is C[C@]12CC(=O)C(O)[C@@H](O)[C@@H]1CCC1C2CC[C@]2(C)C(C3=CC(=O)OC3)CC[C@]12O. The highest BCUT2D eigenvalue weighted by Crippen LogP contribution is 2.69. The van der Waals surface area contributed by atoms with Gasteiger partial charge in [-0.2, -0.15) is 0 Å². The number of fused-ring (bicyclic) bond motifs is 5. The van der Waals surface area contributed by atoms with Crippen LogP contribution in [0.3, 0.4) is 0 Å². The molecule has 9 atom stereocenters. The lowest BCUT2D eigenvalue weighted by atomic mass is 9.42. The number of rotatable bonds is 1. The molecule has 4 fully saturated rings. The summed E-state index contributed by atoms with van der Waals surface area (Å²) < 4.78 is 5.16. The van der Waals surface area contributed by atoms with E-state index in [4.69, 9.17) is 4.74 Å². The van der Waals surface area contributed by atoms with Crippen LogP contribution in [0.5, 0.6) is 0 Å². The summed E-state index contributed by atoms with van der Waals surface area (Å²) in [5, 5.41) is 32.8. The first kappa shape index (κ1) is 19.7. The molecule has 6 heteroatoms. The van der Waals surface area contributed by atoms with Crippen molar-refractivity contribution < 1.29 is 29.6 Å². The van der Waals surface area contributed by atoms with E-state index in [0.29, 0.717) is 13.0 Å². The summed E-state index contributed by atoms with van der Waals surface area (Å²) in [6.45, 7) is 4.59. The van der Waals surface area contributed by atoms with Crippen LogP contribution in [0.4, 0.5) is 0 Å². The summed E-state index contributed by atoms with van der Waals surface area (Å²) >= 11 is 0. The first-order valence-electron chi connectivity index (χ1n) is 11.1. The van der Waals surface area contributed by atoms with E-state index in [1.54, 1.807) is 6.08 Å². The molecule has 0 radical (unpaired) electrons. The maximum Gasteiger partial charge on any atom is 0.331 e. The zero-order chi connectivity index (χ0) is 20.8. The van der Waals surface area contributed by atoms with Crippen LogP contribution in [0.15, 0.2) is 11.6 Å². The molecule has 0 bridgehead atoms. The number of hydrogen-bond acceptors (Lipinski definition) is 6. The highest BCUT2D eigenvalue weighted by molar-refractivity contribution is 5.86. The molecule has 4 aliphatic carbocycles. The molecule has 4 saturated carbocycles. The summed E-state index contributed by atoms with van der Waals surface area (Å²) in [7, 11) is 0. The van der Waals surface area contributed by atoms with Gasteiger partial charge in [-0.15, -0.1) is 0 Å². The maximum absolute atomic E-state index is 12.4. The Morgan fingerprint density at radius 3 is 2.41 bits per heavy atom. The number of aliphatic hydroxyl groups excluding tert-OH is 2. The van der Waals surface area contributed by atoms with E-state index < -0.39 is 17.8 Å². The number of esters is 1. The monoisotopic (exact) mass is 404 g/mol. The van der Waals surface area contributed by atoms with Crippen molar-refractivity contribution in [3.63, 3.8) is 0 Å². The zero-order valence-corrected chi connectivity index (χ0v) is 17.3. The standard InChI is InChI=1S/C23H32O6/c1-21-10-17(24)20(27)19(26)16(21)4-3-15-14(21)5-7-22(2)13(6-8-23(15,22)28)12-9-18(25)29-11-12/h9,13-16,19-20,26-28H,3-8,10-11H2,1-2H3/t13?,14?,15?,16-,19-,20?,21+,22+,23-/m0/s1. The summed E-state index contributed by atoms with van der Waals surface area (Å²) in [6, 6.07) is 0. The molecule has 29 heavy (non-hydrogen) atoms. The number of carbonyl (C=O) groups excluding carboxylic acids is 2. The van der Waals surface area contributed by atoms with E-state index in [0.717, 1.165) is 37.7 Å². The van der Waals surface area contributed by atoms with E-state index in [1.165, 1.54) is 0 Å². The number of Topliss-reactive ketones (excluding diaryl/α,β-unsaturated/α-hetero) is 1. The minimum absolute atomic E-state index is 0.0707. The molecule has 1 aliphatic heterocycles. The van der Waals surface area contributed by atoms with E-state index in [2.05, 4.69) is 13.8 Å². The van der Waals surface area contributed by atoms with E-state index in [-0.39, 0.29) is 52.7 Å². The quantitative estimate of drug-likeness (QED) is 0.575. The second kappa shape index (κ2) is 6.14. The van der Waals surface area contributed by atoms with Crippen molar-refractivity contribution in [1.82, 2.24) is 0 Å². The van der Waals surface area contributed by atoms with Gasteiger partial charge in [-0.1, -0.05) is 13.8 Å². The highest BCUT2D eigenvalue weighted by atomic mass is 16.5. The Labute approximate surface area is 171 Å². The van der Waals surface area contributed by atoms with Crippen molar-refractivity contribution in [3.05, 3.63) is 11.6 Å². The smallest absolute Gasteiger partial charge is 0.331 e. The second-order valence-electron chi connectivity index (χ2n) is 10.8. The largest absolute Gasteiger partial charge is 0.458 e. The lowest BCUT2D eigenvalue weighted by Gasteiger charge is -2.64. The Kier molecular flexibility index (Phi) is 4.18. The molecular weight excluding hydrogens is 372 g/mol. The van der Waals surface area contributed by atoms with Crippen molar-refractivity contribution in [2.45, 2.75) is 76.6 Å². The minimum atomic E-state index is -1.27. The van der Waals surface area contributed by atoms with Gasteiger partial charge in [0.2, 0.25) is 0 Å². The Bertz CT molecular complexity index is 790. The van der Waals surface area contributed by atoms with Crippen LogP contribution in [0, 0.1) is 34.5 Å². The number of hydrogen-bond donors (Lipinski definition) is 3. The fraction of sp³-hybridized carbons (Fsp3) is 0.826. The molecule has 0 saturated heterocycles. The predicted molar refractivity (Wildman–Crippen MR) is 104 cm³/mol. The molecule has 160 valence electrons. The first-order chi connectivity index (χ1) is 13.6. The van der Waals surface area contributed by atoms with Gasteiger partial charge in [0.15, 0.2) is 5.78 Å². The van der Waals surface area contributed by atoms with Gasteiger partial charge in [0, 0.05) is 17.9 Å². The van der Waals surface area contributed by atoms with Crippen LogP contribution in [0.1, 0.15) is 58.8 Å². The molecule has 1 heterocycles. The fourth-order valence-corrected chi connectivity index (χ4v) is 8.35. The molecule has 5 rings (SSSR count). The van der Waals surface area contributed by atoms with Crippen LogP contribution in [-0.2, 0) is 14.3 Å². The van der Waals surface area contributed by atoms with Gasteiger partial charge >= 0.3 is 5.97 Å². The predicted octanol–water partition coefficient (Wildman–Crippen LogP) is 1.75. The normalized spacial score (nSPS) is 54.3. The number of aliphatic hydroxyl groups is 3. The van der Waals surface area contributed by atoms with Gasteiger partial charge in [0.25, 0.3) is 0 Å². The minimum Gasteiger partial charge on any atom is -0.458 e. The lowest BCUT2D eigenvalue weighted by molar-refractivity contribution is -0.222. The van der Waals surface area contributed by atoms with Gasteiger partial charge in [0.05, 0.1) is 11.7 Å². The molecule has 6 nitrogen and oxygen atoms in total. The Morgan fingerprint density at radius 2 is 1.72 bits per heavy atom. The van der Waals surface area contributed by atoms with E-state index in [9.17, 15) is 24.9 Å². The van der Waals surface area contributed by atoms with Crippen molar-refractivity contribution in [3.8, 4) is 0 Å². The third-order valence-electron chi connectivity index (χ3n) is 9.88. The Morgan fingerprint density at radius 1 is 1.00 bits per heavy atom. The molecule has 4 unspecified atom stereocenters. The average Bonchev–Trinajstić information content (AvgIpc) is 3.20. The molecular formula is C23H32O6. The summed E-state index contributed by atoms with van der Waals surface area (Å²) in [5.74, 6) is -0.292. The molecule has 0 aromatic heterocycles. The summed E-state index contributed by atoms with van der Waals surface area (Å²) in [4.78, 5) is 24.1. The van der Waals surface area contributed by atoms with E-state index >= 15 is 0 Å². The van der Waals surface area contributed by atoms with Gasteiger partial charge in [0.1, 0.15) is 12.7 Å². The third kappa shape index (κ3) is 2.40. The van der Waals surface area contributed by atoms with Gasteiger partial charge in [-0.25, -0.2) is 4.79 Å². The molecule has 0 aromatic rings. The number of cyclic esters (lactones) is 1. The average molecular weight is 405 g/mol. The van der Waals surface area contributed by atoms with Gasteiger partial charge < -0.3 is 20.1 Å². The number of ketones is 1. The number of ether oxygens (including phenoxy) is 1. The summed E-state index contributed by atoms with van der Waals surface area (Å²) in [6.07, 6.45) is 4.40. The Hall–Kier alpha value is -1.24. The Balaban J connectivity index is 1.49. The van der Waals surface area contributed by atoms with Crippen LogP contribution in [0.25, 0.3) is 0 Å². The van der Waals surface area contributed by atoms with Crippen molar-refractivity contribution >= 4 is 11.8 Å². The van der Waals surface area contributed by atoms with Crippen molar-refractivity contribution in [2.75, 3.05) is 6.61 Å². The first-order valence-corrected chi connectivity index (χ1v) is 11.1. The topological polar surface area (TPSA) is 104 Å². The molecule has 5 aliphatic rings. The van der Waals surface area contributed by atoms with Gasteiger partial charge in [-0.3, -0.25) is 4.79 Å². The van der Waals surface area contributed by atoms with Gasteiger partial charge in [-0.05, 0) is 73.2 Å². The molecule has 0 aromatic carbocycles. The van der Waals surface area contributed by atoms with E-state index in [1.807, 2.05) is 0 Å². The van der Waals surface area contributed by atoms with Crippen LogP contribution >= 0.6 is 0 Å². The highest BCUT2D eigenvalue weighted by Gasteiger charge is 2.69. The van der Waals surface area contributed by atoms with Crippen LogP contribution < -0.4 is 0 Å². The van der Waals surface area contributed by atoms with Crippen LogP contribution in [0.2, 0.25) is 0 Å².